The van der Waals surface area contributed by atoms with Gasteiger partial charge in [0.2, 0.25) is 0 Å². The average Bonchev–Trinajstić information content (AvgIpc) is 2.75. The van der Waals surface area contributed by atoms with Crippen LogP contribution in [0.5, 0.6) is 5.75 Å². The number of hydrogen-bond acceptors (Lipinski definition) is 3. The Labute approximate surface area is 99.6 Å². The average molecular weight is 233 g/mol. The third-order valence-electron chi connectivity index (χ3n) is 2.55. The summed E-state index contributed by atoms with van der Waals surface area (Å²) in [5.74, 6) is 0.312. The molecule has 84 valence electrons. The fourth-order valence-corrected chi connectivity index (χ4v) is 2.39. The van der Waals surface area contributed by atoms with Gasteiger partial charge in [0.15, 0.2) is 0 Å². The van der Waals surface area contributed by atoms with Crippen molar-refractivity contribution in [3.8, 4) is 5.75 Å². The Hall–Kier alpha value is -1.48. The van der Waals surface area contributed by atoms with Crippen molar-refractivity contribution in [3.05, 3.63) is 46.2 Å². The van der Waals surface area contributed by atoms with Crippen molar-refractivity contribution in [3.63, 3.8) is 0 Å². The maximum atomic E-state index is 9.33. The first-order valence-corrected chi connectivity index (χ1v) is 6.14. The first-order chi connectivity index (χ1) is 7.66. The monoisotopic (exact) mass is 233 g/mol. The highest BCUT2D eigenvalue weighted by Crippen LogP contribution is 2.26. The van der Waals surface area contributed by atoms with E-state index in [9.17, 15) is 5.11 Å². The van der Waals surface area contributed by atoms with Crippen molar-refractivity contribution in [2.75, 3.05) is 5.32 Å². The lowest BCUT2D eigenvalue weighted by Gasteiger charge is -2.15. The van der Waals surface area contributed by atoms with Crippen LogP contribution >= 0.6 is 11.3 Å². The predicted octanol–water partition coefficient (Wildman–Crippen LogP) is 3.94. The van der Waals surface area contributed by atoms with Crippen LogP contribution in [0.15, 0.2) is 35.7 Å². The Morgan fingerprint density at radius 1 is 1.31 bits per heavy atom. The molecule has 2 nitrogen and oxygen atoms in total. The van der Waals surface area contributed by atoms with E-state index < -0.39 is 0 Å². The fraction of sp³-hybridized carbons (Fsp3) is 0.231. The van der Waals surface area contributed by atoms with E-state index in [2.05, 4.69) is 29.8 Å². The van der Waals surface area contributed by atoms with Crippen molar-refractivity contribution in [2.45, 2.75) is 19.9 Å². The molecule has 3 heteroatoms. The van der Waals surface area contributed by atoms with Crippen LogP contribution in [0.3, 0.4) is 0 Å². The molecule has 0 saturated carbocycles. The van der Waals surface area contributed by atoms with Gasteiger partial charge in [-0.3, -0.25) is 0 Å². The quantitative estimate of drug-likeness (QED) is 0.787. The first-order valence-electron chi connectivity index (χ1n) is 5.26. The Morgan fingerprint density at radius 2 is 2.12 bits per heavy atom. The molecule has 1 unspecified atom stereocenters. The number of aryl methyl sites for hydroxylation is 1. The van der Waals surface area contributed by atoms with E-state index in [0.29, 0.717) is 11.8 Å². The molecule has 0 aliphatic carbocycles. The smallest absolute Gasteiger partial charge is 0.115 e. The second-order valence-corrected chi connectivity index (χ2v) is 4.86. The van der Waals surface area contributed by atoms with E-state index >= 15 is 0 Å². The zero-order valence-corrected chi connectivity index (χ0v) is 10.2. The summed E-state index contributed by atoms with van der Waals surface area (Å²) in [7, 11) is 0. The van der Waals surface area contributed by atoms with Crippen molar-refractivity contribution in [1.29, 1.82) is 0 Å². The molecule has 0 aliphatic heterocycles. The first kappa shape index (κ1) is 11.0. The summed E-state index contributed by atoms with van der Waals surface area (Å²) in [5.41, 5.74) is 2.13. The van der Waals surface area contributed by atoms with E-state index in [0.717, 1.165) is 11.3 Å². The SMILES string of the molecule is Cc1cc(O)ccc1NC(C)c1cccs1. The molecule has 2 rings (SSSR count). The summed E-state index contributed by atoms with van der Waals surface area (Å²) >= 11 is 1.75. The maximum absolute atomic E-state index is 9.33. The fourth-order valence-electron chi connectivity index (χ4n) is 1.65. The normalized spacial score (nSPS) is 12.4. The third-order valence-corrected chi connectivity index (χ3v) is 3.61. The molecular formula is C13H15NOS. The van der Waals surface area contributed by atoms with Crippen LogP contribution in [0.4, 0.5) is 5.69 Å². The molecule has 1 heterocycles. The number of phenolic OH excluding ortho intramolecular Hbond substituents is 1. The summed E-state index contributed by atoms with van der Waals surface area (Å²) in [6.45, 7) is 4.13. The van der Waals surface area contributed by atoms with Crippen LogP contribution in [0.1, 0.15) is 23.4 Å². The molecule has 0 fully saturated rings. The summed E-state index contributed by atoms with van der Waals surface area (Å²) in [4.78, 5) is 1.31. The number of hydrogen-bond donors (Lipinski definition) is 2. The number of aromatic hydroxyl groups is 1. The van der Waals surface area contributed by atoms with Gasteiger partial charge in [0, 0.05) is 10.6 Å². The van der Waals surface area contributed by atoms with Gasteiger partial charge in [-0.25, -0.2) is 0 Å². The molecule has 0 aliphatic rings. The molecule has 0 amide bonds. The van der Waals surface area contributed by atoms with Gasteiger partial charge in [-0.05, 0) is 49.1 Å². The number of thiophene rings is 1. The van der Waals surface area contributed by atoms with Gasteiger partial charge in [-0.1, -0.05) is 6.07 Å². The molecular weight excluding hydrogens is 218 g/mol. The van der Waals surface area contributed by atoms with E-state index in [1.807, 2.05) is 13.0 Å². The van der Waals surface area contributed by atoms with Crippen LogP contribution in [-0.4, -0.2) is 5.11 Å². The topological polar surface area (TPSA) is 32.3 Å². The molecule has 1 aromatic carbocycles. The van der Waals surface area contributed by atoms with Gasteiger partial charge in [-0.15, -0.1) is 11.3 Å². The van der Waals surface area contributed by atoms with Crippen molar-refractivity contribution in [1.82, 2.24) is 0 Å². The van der Waals surface area contributed by atoms with E-state index in [4.69, 9.17) is 0 Å². The maximum Gasteiger partial charge on any atom is 0.115 e. The third kappa shape index (κ3) is 2.36. The van der Waals surface area contributed by atoms with E-state index in [1.165, 1.54) is 4.88 Å². The summed E-state index contributed by atoms with van der Waals surface area (Å²) in [6.07, 6.45) is 0. The zero-order valence-electron chi connectivity index (χ0n) is 9.40. The van der Waals surface area contributed by atoms with E-state index in [-0.39, 0.29) is 0 Å². The minimum Gasteiger partial charge on any atom is -0.508 e. The number of phenols is 1. The van der Waals surface area contributed by atoms with Gasteiger partial charge in [0.05, 0.1) is 6.04 Å². The number of benzene rings is 1. The second kappa shape index (κ2) is 4.58. The standard InChI is InChI=1S/C13H15NOS/c1-9-8-11(15)5-6-12(9)14-10(2)13-4-3-7-16-13/h3-8,10,14-15H,1-2H3. The number of nitrogens with one attached hydrogen (secondary N) is 1. The van der Waals surface area contributed by atoms with Crippen LogP contribution < -0.4 is 5.32 Å². The highest BCUT2D eigenvalue weighted by Gasteiger charge is 2.07. The van der Waals surface area contributed by atoms with E-state index in [1.54, 1.807) is 23.5 Å². The van der Waals surface area contributed by atoms with Gasteiger partial charge in [0.1, 0.15) is 5.75 Å². The minimum absolute atomic E-state index is 0.295. The van der Waals surface area contributed by atoms with Crippen LogP contribution in [0.2, 0.25) is 0 Å². The van der Waals surface area contributed by atoms with Crippen molar-refractivity contribution < 1.29 is 5.11 Å². The summed E-state index contributed by atoms with van der Waals surface area (Å²) in [6, 6.07) is 9.86. The van der Waals surface area contributed by atoms with Gasteiger partial charge in [0.25, 0.3) is 0 Å². The molecule has 2 aromatic rings. The molecule has 0 spiro atoms. The molecule has 16 heavy (non-hydrogen) atoms. The number of rotatable bonds is 3. The molecule has 0 radical (unpaired) electrons. The minimum atomic E-state index is 0.295. The predicted molar refractivity (Wildman–Crippen MR) is 69.2 cm³/mol. The van der Waals surface area contributed by atoms with Crippen molar-refractivity contribution in [2.24, 2.45) is 0 Å². The Kier molecular flexibility index (Phi) is 3.15. The second-order valence-electron chi connectivity index (χ2n) is 3.88. The van der Waals surface area contributed by atoms with Crippen LogP contribution in [0.25, 0.3) is 0 Å². The zero-order chi connectivity index (χ0) is 11.5. The summed E-state index contributed by atoms with van der Waals surface area (Å²) < 4.78 is 0. The molecule has 0 bridgehead atoms. The van der Waals surface area contributed by atoms with Gasteiger partial charge >= 0.3 is 0 Å². The summed E-state index contributed by atoms with van der Waals surface area (Å²) in [5, 5.41) is 14.8. The molecule has 0 saturated heterocycles. The Bertz CT molecular complexity index is 465. The number of anilines is 1. The lowest BCUT2D eigenvalue weighted by Crippen LogP contribution is -2.05. The largest absolute Gasteiger partial charge is 0.508 e. The Morgan fingerprint density at radius 3 is 2.75 bits per heavy atom. The highest BCUT2D eigenvalue weighted by molar-refractivity contribution is 7.10. The highest BCUT2D eigenvalue weighted by atomic mass is 32.1. The van der Waals surface area contributed by atoms with Crippen molar-refractivity contribution >= 4 is 17.0 Å². The lowest BCUT2D eigenvalue weighted by atomic mass is 10.1. The Balaban J connectivity index is 2.15. The lowest BCUT2D eigenvalue weighted by molar-refractivity contribution is 0.475. The molecule has 1 aromatic heterocycles. The van der Waals surface area contributed by atoms with Gasteiger partial charge in [-0.2, -0.15) is 0 Å². The molecule has 1 atom stereocenters. The van der Waals surface area contributed by atoms with Gasteiger partial charge < -0.3 is 10.4 Å². The van der Waals surface area contributed by atoms with Crippen LogP contribution in [-0.2, 0) is 0 Å². The van der Waals surface area contributed by atoms with Crippen LogP contribution in [0, 0.1) is 6.92 Å². The molecule has 2 N–H and O–H groups in total.